The Morgan fingerprint density at radius 1 is 1.29 bits per heavy atom. The van der Waals surface area contributed by atoms with Gasteiger partial charge in [0.1, 0.15) is 0 Å². The molecule has 1 rings (SSSR count). The van der Waals surface area contributed by atoms with Crippen LogP contribution in [0, 0.1) is 12.8 Å². The number of hydrogen-bond acceptors (Lipinski definition) is 3. The molecule has 1 aromatic heterocycles. The highest BCUT2D eigenvalue weighted by atomic mass is 32.2. The lowest BCUT2D eigenvalue weighted by Crippen LogP contribution is -2.23. The van der Waals surface area contributed by atoms with Gasteiger partial charge in [0.15, 0.2) is 0 Å². The van der Waals surface area contributed by atoms with Crippen molar-refractivity contribution in [3.05, 3.63) is 29.6 Å². The SMILES string of the molecule is CCNC(CSCC(C)C)c1cncc(C)c1. The van der Waals surface area contributed by atoms with Crippen LogP contribution in [-0.4, -0.2) is 23.0 Å². The van der Waals surface area contributed by atoms with Gasteiger partial charge in [-0.1, -0.05) is 26.8 Å². The zero-order chi connectivity index (χ0) is 12.7. The van der Waals surface area contributed by atoms with Crippen molar-refractivity contribution >= 4 is 11.8 Å². The summed E-state index contributed by atoms with van der Waals surface area (Å²) in [6.45, 7) is 9.79. The first kappa shape index (κ1) is 14.5. The number of nitrogens with one attached hydrogen (secondary N) is 1. The van der Waals surface area contributed by atoms with Gasteiger partial charge < -0.3 is 5.32 Å². The first-order valence-corrected chi connectivity index (χ1v) is 7.51. The Kier molecular flexibility index (Phi) is 6.60. The zero-order valence-electron chi connectivity index (χ0n) is 11.4. The topological polar surface area (TPSA) is 24.9 Å². The van der Waals surface area contributed by atoms with Gasteiger partial charge in [-0.25, -0.2) is 0 Å². The van der Waals surface area contributed by atoms with E-state index in [9.17, 15) is 0 Å². The fourth-order valence-electron chi connectivity index (χ4n) is 1.71. The average molecular weight is 252 g/mol. The second-order valence-electron chi connectivity index (χ2n) is 4.84. The summed E-state index contributed by atoms with van der Waals surface area (Å²) in [4.78, 5) is 4.28. The van der Waals surface area contributed by atoms with E-state index in [0.29, 0.717) is 6.04 Å². The van der Waals surface area contributed by atoms with Crippen molar-refractivity contribution in [2.75, 3.05) is 18.1 Å². The summed E-state index contributed by atoms with van der Waals surface area (Å²) in [5.74, 6) is 3.11. The third-order valence-electron chi connectivity index (χ3n) is 2.48. The van der Waals surface area contributed by atoms with Gasteiger partial charge in [0.25, 0.3) is 0 Å². The van der Waals surface area contributed by atoms with Gasteiger partial charge in [-0.15, -0.1) is 0 Å². The van der Waals surface area contributed by atoms with Crippen LogP contribution in [0.2, 0.25) is 0 Å². The maximum absolute atomic E-state index is 4.28. The van der Waals surface area contributed by atoms with Gasteiger partial charge in [0, 0.05) is 24.2 Å². The van der Waals surface area contributed by atoms with E-state index in [1.54, 1.807) is 0 Å². The van der Waals surface area contributed by atoms with Crippen LogP contribution in [0.4, 0.5) is 0 Å². The second kappa shape index (κ2) is 7.72. The van der Waals surface area contributed by atoms with E-state index in [4.69, 9.17) is 0 Å². The van der Waals surface area contributed by atoms with Crippen molar-refractivity contribution in [3.63, 3.8) is 0 Å². The quantitative estimate of drug-likeness (QED) is 0.805. The van der Waals surface area contributed by atoms with Crippen LogP contribution >= 0.6 is 11.8 Å². The summed E-state index contributed by atoms with van der Waals surface area (Å²) in [6, 6.07) is 2.66. The van der Waals surface area contributed by atoms with Crippen LogP contribution in [0.5, 0.6) is 0 Å². The monoisotopic (exact) mass is 252 g/mol. The molecule has 17 heavy (non-hydrogen) atoms. The normalized spacial score (nSPS) is 13.0. The molecule has 0 amide bonds. The molecule has 0 aromatic carbocycles. The molecule has 1 atom stereocenters. The molecule has 3 heteroatoms. The molecule has 0 aliphatic carbocycles. The van der Waals surface area contributed by atoms with E-state index in [1.807, 2.05) is 24.2 Å². The predicted molar refractivity (Wildman–Crippen MR) is 77.6 cm³/mol. The highest BCUT2D eigenvalue weighted by Gasteiger charge is 2.11. The molecule has 2 nitrogen and oxygen atoms in total. The van der Waals surface area contributed by atoms with E-state index >= 15 is 0 Å². The molecule has 0 saturated heterocycles. The molecule has 96 valence electrons. The summed E-state index contributed by atoms with van der Waals surface area (Å²) in [5.41, 5.74) is 2.54. The van der Waals surface area contributed by atoms with Gasteiger partial charge in [-0.05, 0) is 36.3 Å². The number of aromatic nitrogens is 1. The van der Waals surface area contributed by atoms with Crippen molar-refractivity contribution < 1.29 is 0 Å². The lowest BCUT2D eigenvalue weighted by molar-refractivity contribution is 0.602. The van der Waals surface area contributed by atoms with E-state index in [1.165, 1.54) is 16.9 Å². The summed E-state index contributed by atoms with van der Waals surface area (Å²) >= 11 is 2.02. The lowest BCUT2D eigenvalue weighted by atomic mass is 10.1. The summed E-state index contributed by atoms with van der Waals surface area (Å²) in [5, 5.41) is 3.54. The summed E-state index contributed by atoms with van der Waals surface area (Å²) < 4.78 is 0. The van der Waals surface area contributed by atoms with E-state index in [0.717, 1.165) is 18.2 Å². The number of rotatable bonds is 7. The third-order valence-corrected chi connectivity index (χ3v) is 3.96. The number of aryl methyl sites for hydroxylation is 1. The minimum absolute atomic E-state index is 0.427. The van der Waals surface area contributed by atoms with Gasteiger partial charge in [0.2, 0.25) is 0 Å². The molecule has 1 heterocycles. The van der Waals surface area contributed by atoms with Crippen molar-refractivity contribution in [1.29, 1.82) is 0 Å². The first-order valence-electron chi connectivity index (χ1n) is 6.36. The highest BCUT2D eigenvalue weighted by Crippen LogP contribution is 2.20. The van der Waals surface area contributed by atoms with Crippen molar-refractivity contribution in [3.8, 4) is 0 Å². The fraction of sp³-hybridized carbons (Fsp3) is 0.643. The van der Waals surface area contributed by atoms with Gasteiger partial charge in [-0.3, -0.25) is 4.98 Å². The average Bonchev–Trinajstić information content (AvgIpc) is 2.27. The zero-order valence-corrected chi connectivity index (χ0v) is 12.2. The van der Waals surface area contributed by atoms with E-state index in [-0.39, 0.29) is 0 Å². The Labute approximate surface area is 110 Å². The Hall–Kier alpha value is -0.540. The fourth-order valence-corrected chi connectivity index (χ4v) is 2.86. The predicted octanol–water partition coefficient (Wildman–Crippen LogP) is 3.43. The standard InChI is InChI=1S/C14H24N2S/c1-5-16-14(10-17-9-11(2)3)13-6-12(4)7-15-8-13/h6-8,11,14,16H,5,9-10H2,1-4H3. The Bertz CT molecular complexity index is 326. The molecule has 0 radical (unpaired) electrons. The van der Waals surface area contributed by atoms with Crippen molar-refractivity contribution in [2.24, 2.45) is 5.92 Å². The molecular formula is C14H24N2S. The van der Waals surface area contributed by atoms with E-state index in [2.05, 4.69) is 44.1 Å². The molecule has 1 unspecified atom stereocenters. The van der Waals surface area contributed by atoms with Crippen LogP contribution in [0.1, 0.15) is 37.9 Å². The van der Waals surface area contributed by atoms with Gasteiger partial charge >= 0.3 is 0 Å². The molecule has 0 aliphatic rings. The van der Waals surface area contributed by atoms with Gasteiger partial charge in [-0.2, -0.15) is 11.8 Å². The molecular weight excluding hydrogens is 228 g/mol. The molecule has 0 saturated carbocycles. The smallest absolute Gasteiger partial charge is 0.0427 e. The Morgan fingerprint density at radius 3 is 2.65 bits per heavy atom. The van der Waals surface area contributed by atoms with Gasteiger partial charge in [0.05, 0.1) is 0 Å². The van der Waals surface area contributed by atoms with Crippen molar-refractivity contribution in [1.82, 2.24) is 10.3 Å². The van der Waals surface area contributed by atoms with E-state index < -0.39 is 0 Å². The Morgan fingerprint density at radius 2 is 2.06 bits per heavy atom. The number of nitrogens with zero attached hydrogens (tertiary/aromatic N) is 1. The summed E-state index contributed by atoms with van der Waals surface area (Å²) in [7, 11) is 0. The molecule has 1 N–H and O–H groups in total. The maximum Gasteiger partial charge on any atom is 0.0427 e. The van der Waals surface area contributed by atoms with Crippen LogP contribution in [0.15, 0.2) is 18.5 Å². The molecule has 0 fully saturated rings. The first-order chi connectivity index (χ1) is 8.13. The molecule has 0 aliphatic heterocycles. The van der Waals surface area contributed by atoms with Crippen LogP contribution in [0.25, 0.3) is 0 Å². The maximum atomic E-state index is 4.28. The lowest BCUT2D eigenvalue weighted by Gasteiger charge is -2.18. The largest absolute Gasteiger partial charge is 0.309 e. The minimum Gasteiger partial charge on any atom is -0.309 e. The summed E-state index contributed by atoms with van der Waals surface area (Å²) in [6.07, 6.45) is 3.89. The Balaban J connectivity index is 2.58. The number of hydrogen-bond donors (Lipinski definition) is 1. The minimum atomic E-state index is 0.427. The highest BCUT2D eigenvalue weighted by molar-refractivity contribution is 7.99. The van der Waals surface area contributed by atoms with Crippen LogP contribution in [0.3, 0.4) is 0 Å². The van der Waals surface area contributed by atoms with Crippen LogP contribution < -0.4 is 5.32 Å². The third kappa shape index (κ3) is 5.55. The van der Waals surface area contributed by atoms with Crippen LogP contribution in [-0.2, 0) is 0 Å². The molecule has 1 aromatic rings. The number of pyridine rings is 1. The second-order valence-corrected chi connectivity index (χ2v) is 5.91. The number of thioether (sulfide) groups is 1. The van der Waals surface area contributed by atoms with Crippen molar-refractivity contribution in [2.45, 2.75) is 33.7 Å². The molecule has 0 spiro atoms. The molecule has 0 bridgehead atoms.